The highest BCUT2D eigenvalue weighted by atomic mass is 79.9. The molecule has 0 fully saturated rings. The first-order valence-corrected chi connectivity index (χ1v) is 6.56. The van der Waals surface area contributed by atoms with Crippen molar-refractivity contribution in [3.05, 3.63) is 28.2 Å². The zero-order valence-electron chi connectivity index (χ0n) is 10.4. The topological polar surface area (TPSA) is 40.5 Å². The minimum absolute atomic E-state index is 0.298. The van der Waals surface area contributed by atoms with Gasteiger partial charge in [-0.25, -0.2) is 4.79 Å². The minimum atomic E-state index is -0.909. The Hall–Kier alpha value is -1.03. The van der Waals surface area contributed by atoms with E-state index < -0.39 is 5.97 Å². The van der Waals surface area contributed by atoms with Crippen molar-refractivity contribution in [3.8, 4) is 0 Å². The predicted molar refractivity (Wildman–Crippen MR) is 73.9 cm³/mol. The summed E-state index contributed by atoms with van der Waals surface area (Å²) in [4.78, 5) is 13.1. The van der Waals surface area contributed by atoms with Crippen molar-refractivity contribution in [2.45, 2.75) is 32.7 Å². The lowest BCUT2D eigenvalue weighted by Gasteiger charge is -2.28. The number of carboxylic acids is 1. The summed E-state index contributed by atoms with van der Waals surface area (Å²) in [6.07, 6.45) is 2.15. The summed E-state index contributed by atoms with van der Waals surface area (Å²) in [5, 5.41) is 8.95. The minimum Gasteiger partial charge on any atom is -0.478 e. The fourth-order valence-electron chi connectivity index (χ4n) is 1.94. The van der Waals surface area contributed by atoms with Gasteiger partial charge in [0, 0.05) is 23.2 Å². The number of nitrogens with zero attached hydrogens (tertiary/aromatic N) is 1. The summed E-state index contributed by atoms with van der Waals surface area (Å²) in [5.41, 5.74) is 1.34. The Morgan fingerprint density at radius 3 is 2.41 bits per heavy atom. The molecule has 1 N–H and O–H groups in total. The third kappa shape index (κ3) is 3.22. The first kappa shape index (κ1) is 14.0. The molecule has 0 saturated heterocycles. The Morgan fingerprint density at radius 2 is 2.00 bits per heavy atom. The van der Waals surface area contributed by atoms with E-state index in [-0.39, 0.29) is 0 Å². The molecule has 17 heavy (non-hydrogen) atoms. The molecule has 4 heteroatoms. The van der Waals surface area contributed by atoms with Crippen molar-refractivity contribution < 1.29 is 9.90 Å². The maximum Gasteiger partial charge on any atom is 0.336 e. The standard InChI is InChI=1S/C13H18BrNO2/c1-4-9(5-2)15(3)10-6-7-11(13(16)17)12(14)8-10/h6-9H,4-5H2,1-3H3,(H,16,17). The second-order valence-electron chi connectivity index (χ2n) is 4.05. The molecule has 0 spiro atoms. The number of carbonyl (C=O) groups is 1. The maximum atomic E-state index is 10.9. The highest BCUT2D eigenvalue weighted by Gasteiger charge is 2.14. The molecule has 1 rings (SSSR count). The van der Waals surface area contributed by atoms with Gasteiger partial charge in [-0.3, -0.25) is 0 Å². The van der Waals surface area contributed by atoms with Crippen LogP contribution in [0.3, 0.4) is 0 Å². The molecule has 0 aliphatic rings. The molecular formula is C13H18BrNO2. The third-order valence-electron chi connectivity index (χ3n) is 3.08. The van der Waals surface area contributed by atoms with E-state index in [9.17, 15) is 4.79 Å². The van der Waals surface area contributed by atoms with Gasteiger partial charge in [0.1, 0.15) is 0 Å². The van der Waals surface area contributed by atoms with Gasteiger partial charge >= 0.3 is 5.97 Å². The summed E-state index contributed by atoms with van der Waals surface area (Å²) < 4.78 is 0.625. The van der Waals surface area contributed by atoms with E-state index in [1.807, 2.05) is 19.2 Å². The van der Waals surface area contributed by atoms with Crippen LogP contribution in [-0.2, 0) is 0 Å². The molecule has 94 valence electrons. The van der Waals surface area contributed by atoms with Crippen molar-refractivity contribution in [2.75, 3.05) is 11.9 Å². The van der Waals surface area contributed by atoms with Crippen LogP contribution >= 0.6 is 15.9 Å². The lowest BCUT2D eigenvalue weighted by Crippen LogP contribution is -2.30. The number of anilines is 1. The number of carboxylic acid groups (broad SMARTS) is 1. The Bertz CT molecular complexity index is 402. The number of aromatic carboxylic acids is 1. The molecule has 0 saturated carbocycles. The first-order valence-electron chi connectivity index (χ1n) is 5.76. The van der Waals surface area contributed by atoms with E-state index in [2.05, 4.69) is 34.7 Å². The quantitative estimate of drug-likeness (QED) is 0.900. The normalized spacial score (nSPS) is 10.6. The van der Waals surface area contributed by atoms with Crippen molar-refractivity contribution in [3.63, 3.8) is 0 Å². The predicted octanol–water partition coefficient (Wildman–Crippen LogP) is 3.77. The molecule has 1 aromatic rings. The summed E-state index contributed by atoms with van der Waals surface area (Å²) in [7, 11) is 2.04. The average Bonchev–Trinajstić information content (AvgIpc) is 2.29. The monoisotopic (exact) mass is 299 g/mol. The SMILES string of the molecule is CCC(CC)N(C)c1ccc(C(=O)O)c(Br)c1. The highest BCUT2D eigenvalue weighted by molar-refractivity contribution is 9.10. The van der Waals surface area contributed by atoms with Gasteiger partial charge in [-0.1, -0.05) is 13.8 Å². The number of halogens is 1. The van der Waals surface area contributed by atoms with Gasteiger partial charge in [0.15, 0.2) is 0 Å². The van der Waals surface area contributed by atoms with Crippen LogP contribution in [-0.4, -0.2) is 24.2 Å². The summed E-state index contributed by atoms with van der Waals surface area (Å²) in [5.74, 6) is -0.909. The Balaban J connectivity index is 3.00. The van der Waals surface area contributed by atoms with E-state index in [1.165, 1.54) is 0 Å². The van der Waals surface area contributed by atoms with Gasteiger partial charge in [-0.2, -0.15) is 0 Å². The van der Waals surface area contributed by atoms with Crippen LogP contribution in [0.1, 0.15) is 37.0 Å². The summed E-state index contributed by atoms with van der Waals surface area (Å²) >= 11 is 3.30. The van der Waals surface area contributed by atoms with Gasteiger partial charge in [-0.05, 0) is 47.0 Å². The molecule has 0 aromatic heterocycles. The van der Waals surface area contributed by atoms with Crippen molar-refractivity contribution in [1.29, 1.82) is 0 Å². The third-order valence-corrected chi connectivity index (χ3v) is 3.74. The first-order chi connectivity index (χ1) is 8.01. The second kappa shape index (κ2) is 6.05. The summed E-state index contributed by atoms with van der Waals surface area (Å²) in [6, 6.07) is 5.84. The lowest BCUT2D eigenvalue weighted by molar-refractivity contribution is 0.0696. The number of hydrogen-bond acceptors (Lipinski definition) is 2. The zero-order chi connectivity index (χ0) is 13.0. The highest BCUT2D eigenvalue weighted by Crippen LogP contribution is 2.25. The molecule has 0 unspecified atom stereocenters. The average molecular weight is 300 g/mol. The maximum absolute atomic E-state index is 10.9. The van der Waals surface area contributed by atoms with E-state index >= 15 is 0 Å². The molecule has 0 aliphatic heterocycles. The number of benzene rings is 1. The van der Waals surface area contributed by atoms with Crippen LogP contribution in [0.4, 0.5) is 5.69 Å². The van der Waals surface area contributed by atoms with Crippen molar-refractivity contribution in [1.82, 2.24) is 0 Å². The van der Waals surface area contributed by atoms with Gasteiger partial charge in [0.2, 0.25) is 0 Å². The number of hydrogen-bond donors (Lipinski definition) is 1. The van der Waals surface area contributed by atoms with Gasteiger partial charge in [-0.15, -0.1) is 0 Å². The van der Waals surface area contributed by atoms with Crippen LogP contribution in [0.15, 0.2) is 22.7 Å². The Kier molecular flexibility index (Phi) is 5.00. The fraction of sp³-hybridized carbons (Fsp3) is 0.462. The van der Waals surface area contributed by atoms with Crippen LogP contribution in [0.5, 0.6) is 0 Å². The van der Waals surface area contributed by atoms with Crippen LogP contribution in [0, 0.1) is 0 Å². The summed E-state index contributed by atoms with van der Waals surface area (Å²) in [6.45, 7) is 4.32. The van der Waals surface area contributed by atoms with Gasteiger partial charge in [0.25, 0.3) is 0 Å². The van der Waals surface area contributed by atoms with E-state index in [4.69, 9.17) is 5.11 Å². The van der Waals surface area contributed by atoms with Crippen molar-refractivity contribution >= 4 is 27.6 Å². The number of rotatable bonds is 5. The Morgan fingerprint density at radius 1 is 1.41 bits per heavy atom. The molecule has 0 atom stereocenters. The fourth-order valence-corrected chi connectivity index (χ4v) is 2.48. The molecule has 0 radical (unpaired) electrons. The van der Waals surface area contributed by atoms with Crippen molar-refractivity contribution in [2.24, 2.45) is 0 Å². The second-order valence-corrected chi connectivity index (χ2v) is 4.90. The lowest BCUT2D eigenvalue weighted by atomic mass is 10.1. The molecule has 1 aromatic carbocycles. The van der Waals surface area contributed by atoms with Crippen LogP contribution < -0.4 is 4.90 Å². The molecule has 0 bridgehead atoms. The Labute approximate surface area is 111 Å². The van der Waals surface area contributed by atoms with Crippen LogP contribution in [0.25, 0.3) is 0 Å². The van der Waals surface area contributed by atoms with E-state index in [0.717, 1.165) is 18.5 Å². The molecule has 3 nitrogen and oxygen atoms in total. The largest absolute Gasteiger partial charge is 0.478 e. The molecule has 0 aliphatic carbocycles. The molecular weight excluding hydrogens is 282 g/mol. The van der Waals surface area contributed by atoms with Crippen LogP contribution in [0.2, 0.25) is 0 Å². The molecule has 0 amide bonds. The van der Waals surface area contributed by atoms with E-state index in [1.54, 1.807) is 6.07 Å². The van der Waals surface area contributed by atoms with E-state index in [0.29, 0.717) is 16.1 Å². The molecule has 0 heterocycles. The van der Waals surface area contributed by atoms with Gasteiger partial charge in [0.05, 0.1) is 5.56 Å². The smallest absolute Gasteiger partial charge is 0.336 e. The zero-order valence-corrected chi connectivity index (χ0v) is 12.0. The van der Waals surface area contributed by atoms with Gasteiger partial charge < -0.3 is 10.0 Å².